The SMILES string of the molecule is COc1cc(C(=O)OC2CCCOc3cc(cc(OC)c3OC)C(=O)OCCCN3CCN(CC2)CC(F)C3)cc(OC)c1OC. The van der Waals surface area contributed by atoms with E-state index in [1.165, 1.54) is 35.5 Å². The van der Waals surface area contributed by atoms with Gasteiger partial charge in [-0.3, -0.25) is 9.80 Å². The van der Waals surface area contributed by atoms with Crippen molar-refractivity contribution in [3.05, 3.63) is 35.4 Å². The lowest BCUT2D eigenvalue weighted by atomic mass is 10.1. The number of halogens is 1. The number of benzene rings is 2. The number of alkyl halides is 1. The number of rotatable bonds is 7. The number of carbonyl (C=O) groups is 2. The minimum atomic E-state index is -1.03. The van der Waals surface area contributed by atoms with Gasteiger partial charge in [0.15, 0.2) is 23.0 Å². The highest BCUT2D eigenvalue weighted by Gasteiger charge is 2.26. The van der Waals surface area contributed by atoms with Gasteiger partial charge in [-0.1, -0.05) is 0 Å². The summed E-state index contributed by atoms with van der Waals surface area (Å²) in [7, 11) is 7.41. The van der Waals surface area contributed by atoms with Gasteiger partial charge in [-0.05, 0) is 49.9 Å². The summed E-state index contributed by atoms with van der Waals surface area (Å²) in [5.41, 5.74) is 0.507. The summed E-state index contributed by atoms with van der Waals surface area (Å²) in [4.78, 5) is 30.4. The lowest BCUT2D eigenvalue weighted by Crippen LogP contribution is -2.34. The van der Waals surface area contributed by atoms with Gasteiger partial charge in [0.05, 0.1) is 59.9 Å². The number of carbonyl (C=O) groups excluding carboxylic acids is 2. The molecule has 1 saturated heterocycles. The smallest absolute Gasteiger partial charge is 0.338 e. The largest absolute Gasteiger partial charge is 0.493 e. The number of nitrogens with zero attached hydrogens (tertiary/aromatic N) is 2. The Balaban J connectivity index is 1.56. The Morgan fingerprint density at radius 1 is 0.739 bits per heavy atom. The maximum Gasteiger partial charge on any atom is 0.338 e. The molecule has 4 unspecified atom stereocenters. The highest BCUT2D eigenvalue weighted by atomic mass is 19.1. The van der Waals surface area contributed by atoms with Crippen molar-refractivity contribution in [1.82, 2.24) is 9.80 Å². The third-order valence-electron chi connectivity index (χ3n) is 8.05. The Labute approximate surface area is 269 Å². The van der Waals surface area contributed by atoms with E-state index < -0.39 is 24.2 Å². The molecule has 254 valence electrons. The molecule has 2 aliphatic heterocycles. The van der Waals surface area contributed by atoms with E-state index in [9.17, 15) is 14.0 Å². The van der Waals surface area contributed by atoms with Crippen molar-refractivity contribution in [3.63, 3.8) is 0 Å². The lowest BCUT2D eigenvalue weighted by Gasteiger charge is -2.25. The van der Waals surface area contributed by atoms with E-state index in [2.05, 4.69) is 9.80 Å². The number of cyclic esters (lactones) is 1. The minimum absolute atomic E-state index is 0.194. The van der Waals surface area contributed by atoms with Gasteiger partial charge < -0.3 is 37.9 Å². The molecule has 0 amide bonds. The van der Waals surface area contributed by atoms with Gasteiger partial charge in [-0.2, -0.15) is 0 Å². The van der Waals surface area contributed by atoms with E-state index in [-0.39, 0.29) is 24.3 Å². The molecule has 4 bridgehead atoms. The zero-order valence-corrected chi connectivity index (χ0v) is 27.3. The van der Waals surface area contributed by atoms with Gasteiger partial charge in [0.25, 0.3) is 0 Å². The topological polar surface area (TPSA) is 114 Å². The van der Waals surface area contributed by atoms with Crippen LogP contribution in [-0.4, -0.2) is 122 Å². The molecule has 2 aromatic rings. The minimum Gasteiger partial charge on any atom is -0.493 e. The molecule has 0 aliphatic carbocycles. The van der Waals surface area contributed by atoms with Crippen molar-refractivity contribution in [1.29, 1.82) is 0 Å². The Kier molecular flexibility index (Phi) is 13.0. The number of ether oxygens (including phenoxy) is 8. The quantitative estimate of drug-likeness (QED) is 0.404. The molecule has 2 aromatic carbocycles. The Morgan fingerprint density at radius 2 is 1.35 bits per heavy atom. The van der Waals surface area contributed by atoms with Crippen LogP contribution >= 0.6 is 0 Å². The predicted octanol–water partition coefficient (Wildman–Crippen LogP) is 4.02. The zero-order chi connectivity index (χ0) is 33.1. The Morgan fingerprint density at radius 3 is 1.98 bits per heavy atom. The van der Waals surface area contributed by atoms with Crippen LogP contribution in [0.1, 0.15) is 46.4 Å². The van der Waals surface area contributed by atoms with Crippen LogP contribution in [0.25, 0.3) is 0 Å². The average molecular weight is 649 g/mol. The first-order valence-corrected chi connectivity index (χ1v) is 15.5. The molecule has 1 fully saturated rings. The molecule has 0 spiro atoms. The summed E-state index contributed by atoms with van der Waals surface area (Å²) in [6.07, 6.45) is 0.511. The van der Waals surface area contributed by atoms with Crippen molar-refractivity contribution in [2.75, 3.05) is 88.0 Å². The maximum absolute atomic E-state index is 15.0. The second-order valence-corrected chi connectivity index (χ2v) is 11.1. The summed E-state index contributed by atoms with van der Waals surface area (Å²) in [6, 6.07) is 6.21. The number of esters is 2. The van der Waals surface area contributed by atoms with Crippen molar-refractivity contribution >= 4 is 11.9 Å². The van der Waals surface area contributed by atoms with E-state index in [0.29, 0.717) is 99.4 Å². The van der Waals surface area contributed by atoms with Crippen LogP contribution in [0.4, 0.5) is 4.39 Å². The summed E-state index contributed by atoms with van der Waals surface area (Å²) in [5, 5.41) is 0. The van der Waals surface area contributed by atoms with Crippen LogP contribution < -0.4 is 28.4 Å². The third kappa shape index (κ3) is 9.06. The monoisotopic (exact) mass is 648 g/mol. The van der Waals surface area contributed by atoms with E-state index in [1.807, 2.05) is 0 Å². The lowest BCUT2D eigenvalue weighted by molar-refractivity contribution is 0.0216. The molecule has 13 heteroatoms. The highest BCUT2D eigenvalue weighted by Crippen LogP contribution is 2.40. The van der Waals surface area contributed by atoms with Crippen molar-refractivity contribution in [2.45, 2.75) is 38.0 Å². The van der Waals surface area contributed by atoms with Crippen LogP contribution in [0.5, 0.6) is 34.5 Å². The molecule has 4 rings (SSSR count). The highest BCUT2D eigenvalue weighted by molar-refractivity contribution is 5.92. The van der Waals surface area contributed by atoms with Crippen molar-refractivity contribution in [3.8, 4) is 34.5 Å². The standard InChI is InChI=1S/C33H45FN2O10/c1-39-26-17-23(18-27(40-2)30(26)42-4)33(38)46-25-8-6-14-44-29-19-22(16-28(41-3)31(29)43-5)32(37)45-15-7-10-35-12-13-36(11-9-25)21-24(34)20-35/h16-19,24-25H,6-15,20-21H2,1-5H3. The second kappa shape index (κ2) is 17.1. The molecule has 12 nitrogen and oxygen atoms in total. The fourth-order valence-electron chi connectivity index (χ4n) is 5.68. The van der Waals surface area contributed by atoms with E-state index >= 15 is 0 Å². The number of hydrogen-bond acceptors (Lipinski definition) is 12. The number of fused-ring (bicyclic) bond motifs is 5. The molecule has 0 saturated carbocycles. The number of hydrogen-bond donors (Lipinski definition) is 0. The Bertz CT molecular complexity index is 1300. The summed E-state index contributed by atoms with van der Waals surface area (Å²) >= 11 is 0. The van der Waals surface area contributed by atoms with Gasteiger partial charge in [0.1, 0.15) is 12.3 Å². The van der Waals surface area contributed by atoms with Gasteiger partial charge in [0, 0.05) is 39.3 Å². The van der Waals surface area contributed by atoms with Crippen molar-refractivity contribution < 1.29 is 51.9 Å². The molecule has 2 heterocycles. The molecule has 46 heavy (non-hydrogen) atoms. The fraction of sp³-hybridized carbons (Fsp3) is 0.576. The van der Waals surface area contributed by atoms with Gasteiger partial charge >= 0.3 is 11.9 Å². The first-order chi connectivity index (χ1) is 22.3. The molecule has 2 aliphatic rings. The van der Waals surface area contributed by atoms with E-state index in [1.54, 1.807) is 24.3 Å². The molecule has 4 atom stereocenters. The van der Waals surface area contributed by atoms with Gasteiger partial charge in [-0.25, -0.2) is 14.0 Å². The normalized spacial score (nSPS) is 22.9. The summed E-state index contributed by atoms with van der Waals surface area (Å²) < 4.78 is 59.8. The second-order valence-electron chi connectivity index (χ2n) is 11.1. The Hall–Kier alpha value is -3.97. The van der Waals surface area contributed by atoms with Crippen LogP contribution in [0.15, 0.2) is 24.3 Å². The van der Waals surface area contributed by atoms with Crippen LogP contribution in [-0.2, 0) is 9.47 Å². The molecular formula is C33H45FN2O10. The fourth-order valence-corrected chi connectivity index (χ4v) is 5.68. The molecule has 0 N–H and O–H groups in total. The predicted molar refractivity (Wildman–Crippen MR) is 167 cm³/mol. The van der Waals surface area contributed by atoms with E-state index in [0.717, 1.165) is 0 Å². The van der Waals surface area contributed by atoms with E-state index in [4.69, 9.17) is 37.9 Å². The maximum atomic E-state index is 15.0. The van der Waals surface area contributed by atoms with Crippen molar-refractivity contribution in [2.24, 2.45) is 0 Å². The van der Waals surface area contributed by atoms with Gasteiger partial charge in [-0.15, -0.1) is 0 Å². The zero-order valence-electron chi connectivity index (χ0n) is 27.3. The summed E-state index contributed by atoms with van der Waals surface area (Å²) in [6.45, 7) is 3.52. The van der Waals surface area contributed by atoms with Crippen LogP contribution in [0.2, 0.25) is 0 Å². The van der Waals surface area contributed by atoms with Crippen LogP contribution in [0, 0.1) is 0 Å². The first-order valence-electron chi connectivity index (χ1n) is 15.5. The summed E-state index contributed by atoms with van der Waals surface area (Å²) in [5.74, 6) is 0.980. The molecule has 0 radical (unpaired) electrons. The third-order valence-corrected chi connectivity index (χ3v) is 8.05. The van der Waals surface area contributed by atoms with Crippen LogP contribution in [0.3, 0.4) is 0 Å². The van der Waals surface area contributed by atoms with Gasteiger partial charge in [0.2, 0.25) is 11.5 Å². The number of methoxy groups -OCH3 is 5. The average Bonchev–Trinajstić information content (AvgIpc) is 3.25. The first kappa shape index (κ1) is 34.9. The molecule has 0 aromatic heterocycles. The molecular weight excluding hydrogens is 603 g/mol.